The molecule has 0 radical (unpaired) electrons. The summed E-state index contributed by atoms with van der Waals surface area (Å²) in [5, 5.41) is 2.89. The van der Waals surface area contributed by atoms with Crippen LogP contribution in [0.4, 0.5) is 0 Å². The van der Waals surface area contributed by atoms with Gasteiger partial charge in [-0.15, -0.1) is 6.58 Å². The van der Waals surface area contributed by atoms with E-state index in [4.69, 9.17) is 0 Å². The molecule has 0 aromatic heterocycles. The minimum Gasteiger partial charge on any atom is -0.352 e. The van der Waals surface area contributed by atoms with Crippen molar-refractivity contribution in [3.8, 4) is 0 Å². The molecule has 62 valence electrons. The molecule has 0 bridgehead atoms. The summed E-state index contributed by atoms with van der Waals surface area (Å²) in [6.07, 6.45) is 4.92. The van der Waals surface area contributed by atoms with Gasteiger partial charge in [0.1, 0.15) is 0 Å². The van der Waals surface area contributed by atoms with Crippen molar-refractivity contribution in [2.24, 2.45) is 5.92 Å². The van der Waals surface area contributed by atoms with E-state index in [1.165, 1.54) is 0 Å². The van der Waals surface area contributed by atoms with Crippen molar-refractivity contribution in [2.45, 2.75) is 32.2 Å². The second-order valence-electron chi connectivity index (χ2n) is 3.00. The largest absolute Gasteiger partial charge is 0.352 e. The minimum atomic E-state index is 0.224. The Kier molecular flexibility index (Phi) is 2.69. The van der Waals surface area contributed by atoms with Gasteiger partial charge in [0.2, 0.25) is 5.91 Å². The van der Waals surface area contributed by atoms with E-state index >= 15 is 0 Å². The van der Waals surface area contributed by atoms with E-state index in [-0.39, 0.29) is 11.8 Å². The molecule has 1 aliphatic rings. The number of nitrogens with one attached hydrogen (secondary N) is 1. The molecular formula is C9H15NO. The highest BCUT2D eigenvalue weighted by molar-refractivity contribution is 5.85. The first kappa shape index (κ1) is 8.31. The van der Waals surface area contributed by atoms with Gasteiger partial charge in [-0.05, 0) is 19.3 Å². The number of carbonyl (C=O) groups excluding carboxylic acids is 1. The number of β-lactam (4-membered cyclic amide) rings is 1. The third-order valence-electron chi connectivity index (χ3n) is 2.27. The predicted octanol–water partition coefficient (Wildman–Crippen LogP) is 1.48. The lowest BCUT2D eigenvalue weighted by atomic mass is 9.85. The van der Waals surface area contributed by atoms with Gasteiger partial charge >= 0.3 is 0 Å². The smallest absolute Gasteiger partial charge is 0.225 e. The molecule has 11 heavy (non-hydrogen) atoms. The highest BCUT2D eigenvalue weighted by atomic mass is 16.2. The van der Waals surface area contributed by atoms with Crippen LogP contribution in [0, 0.1) is 5.92 Å². The fourth-order valence-electron chi connectivity index (χ4n) is 1.52. The van der Waals surface area contributed by atoms with Crippen LogP contribution >= 0.6 is 0 Å². The lowest BCUT2D eigenvalue weighted by Gasteiger charge is -2.36. The van der Waals surface area contributed by atoms with E-state index in [1.54, 1.807) is 0 Å². The van der Waals surface area contributed by atoms with Gasteiger partial charge in [0.15, 0.2) is 0 Å². The van der Waals surface area contributed by atoms with Crippen molar-refractivity contribution in [1.82, 2.24) is 5.32 Å². The topological polar surface area (TPSA) is 29.1 Å². The van der Waals surface area contributed by atoms with Crippen LogP contribution in [0.5, 0.6) is 0 Å². The molecule has 0 aromatic rings. The Hall–Kier alpha value is -0.790. The molecule has 1 heterocycles. The first-order valence-corrected chi connectivity index (χ1v) is 4.20. The summed E-state index contributed by atoms with van der Waals surface area (Å²) in [5.74, 6) is 0.497. The van der Waals surface area contributed by atoms with E-state index in [0.29, 0.717) is 6.04 Å². The maximum atomic E-state index is 10.9. The first-order valence-electron chi connectivity index (χ1n) is 4.20. The molecule has 1 fully saturated rings. The summed E-state index contributed by atoms with van der Waals surface area (Å²) in [6.45, 7) is 5.71. The van der Waals surface area contributed by atoms with Crippen molar-refractivity contribution < 1.29 is 4.79 Å². The van der Waals surface area contributed by atoms with Crippen LogP contribution < -0.4 is 5.32 Å². The van der Waals surface area contributed by atoms with E-state index in [9.17, 15) is 4.79 Å². The maximum Gasteiger partial charge on any atom is 0.225 e. The summed E-state index contributed by atoms with van der Waals surface area (Å²) >= 11 is 0. The van der Waals surface area contributed by atoms with Crippen LogP contribution in [-0.2, 0) is 4.79 Å². The highest BCUT2D eigenvalue weighted by Gasteiger charge is 2.36. The molecule has 0 unspecified atom stereocenters. The summed E-state index contributed by atoms with van der Waals surface area (Å²) in [6, 6.07) is 0.422. The average Bonchev–Trinajstić information content (AvgIpc) is 1.98. The van der Waals surface area contributed by atoms with Gasteiger partial charge in [-0.1, -0.05) is 13.0 Å². The number of carbonyl (C=O) groups is 1. The van der Waals surface area contributed by atoms with Gasteiger partial charge in [-0.2, -0.15) is 0 Å². The maximum absolute atomic E-state index is 10.9. The molecule has 0 spiro atoms. The Labute approximate surface area is 67.7 Å². The molecule has 0 aliphatic carbocycles. The molecule has 1 saturated heterocycles. The van der Waals surface area contributed by atoms with Crippen LogP contribution in [0.15, 0.2) is 12.7 Å². The Morgan fingerprint density at radius 3 is 2.91 bits per heavy atom. The zero-order chi connectivity index (χ0) is 8.27. The van der Waals surface area contributed by atoms with Crippen LogP contribution in [0.3, 0.4) is 0 Å². The summed E-state index contributed by atoms with van der Waals surface area (Å²) < 4.78 is 0. The zero-order valence-corrected chi connectivity index (χ0v) is 6.97. The lowest BCUT2D eigenvalue weighted by Crippen LogP contribution is -2.57. The Morgan fingerprint density at radius 1 is 1.73 bits per heavy atom. The van der Waals surface area contributed by atoms with Crippen molar-refractivity contribution in [1.29, 1.82) is 0 Å². The van der Waals surface area contributed by atoms with Crippen molar-refractivity contribution in [3.63, 3.8) is 0 Å². The van der Waals surface area contributed by atoms with Gasteiger partial charge < -0.3 is 5.32 Å². The Balaban J connectivity index is 2.26. The summed E-state index contributed by atoms with van der Waals surface area (Å²) in [7, 11) is 0. The second kappa shape index (κ2) is 3.56. The molecule has 0 aromatic carbocycles. The second-order valence-corrected chi connectivity index (χ2v) is 3.00. The van der Waals surface area contributed by atoms with Crippen molar-refractivity contribution in [3.05, 3.63) is 12.7 Å². The zero-order valence-electron chi connectivity index (χ0n) is 6.97. The third kappa shape index (κ3) is 1.62. The van der Waals surface area contributed by atoms with Gasteiger partial charge in [-0.25, -0.2) is 0 Å². The number of allylic oxidation sites excluding steroid dienone is 1. The van der Waals surface area contributed by atoms with E-state index in [1.807, 2.05) is 6.08 Å². The molecule has 1 amide bonds. The SMILES string of the molecule is C=CCC[C@@H]1NC(=O)[C@@H]1CC. The molecule has 2 atom stereocenters. The fourth-order valence-corrected chi connectivity index (χ4v) is 1.52. The van der Waals surface area contributed by atoms with Crippen LogP contribution in [0.2, 0.25) is 0 Å². The Bertz CT molecular complexity index is 165. The number of rotatable bonds is 4. The third-order valence-corrected chi connectivity index (χ3v) is 2.27. The van der Waals surface area contributed by atoms with E-state index < -0.39 is 0 Å². The standard InChI is InChI=1S/C9H15NO/c1-3-5-6-8-7(4-2)9(11)10-8/h3,7-8H,1,4-6H2,2H3,(H,10,11)/t7-,8+/m1/s1. The lowest BCUT2D eigenvalue weighted by molar-refractivity contribution is -0.135. The molecule has 0 saturated carbocycles. The predicted molar refractivity (Wildman–Crippen MR) is 45.1 cm³/mol. The normalized spacial score (nSPS) is 29.0. The molecule has 2 heteroatoms. The Morgan fingerprint density at radius 2 is 2.45 bits per heavy atom. The molecule has 1 N–H and O–H groups in total. The number of hydrogen-bond donors (Lipinski definition) is 1. The molecule has 1 rings (SSSR count). The molecular weight excluding hydrogens is 138 g/mol. The van der Waals surface area contributed by atoms with Gasteiger partial charge in [0, 0.05) is 6.04 Å². The first-order chi connectivity index (χ1) is 5.29. The monoisotopic (exact) mass is 153 g/mol. The minimum absolute atomic E-state index is 0.224. The number of hydrogen-bond acceptors (Lipinski definition) is 1. The summed E-state index contributed by atoms with van der Waals surface area (Å²) in [5.41, 5.74) is 0. The van der Waals surface area contributed by atoms with Gasteiger partial charge in [0.05, 0.1) is 5.92 Å². The van der Waals surface area contributed by atoms with E-state index in [2.05, 4.69) is 18.8 Å². The van der Waals surface area contributed by atoms with Gasteiger partial charge in [0.25, 0.3) is 0 Å². The summed E-state index contributed by atoms with van der Waals surface area (Å²) in [4.78, 5) is 10.9. The fraction of sp³-hybridized carbons (Fsp3) is 0.667. The van der Waals surface area contributed by atoms with Crippen LogP contribution in [0.1, 0.15) is 26.2 Å². The molecule has 1 aliphatic heterocycles. The molecule has 2 nitrogen and oxygen atoms in total. The highest BCUT2D eigenvalue weighted by Crippen LogP contribution is 2.22. The van der Waals surface area contributed by atoms with Crippen LogP contribution in [0.25, 0.3) is 0 Å². The van der Waals surface area contributed by atoms with Gasteiger partial charge in [-0.3, -0.25) is 4.79 Å². The number of amides is 1. The van der Waals surface area contributed by atoms with E-state index in [0.717, 1.165) is 19.3 Å². The quantitative estimate of drug-likeness (QED) is 0.481. The van der Waals surface area contributed by atoms with Crippen molar-refractivity contribution >= 4 is 5.91 Å². The average molecular weight is 153 g/mol. The van der Waals surface area contributed by atoms with Crippen LogP contribution in [-0.4, -0.2) is 11.9 Å². The van der Waals surface area contributed by atoms with Crippen molar-refractivity contribution in [2.75, 3.05) is 0 Å².